The molecule has 0 saturated carbocycles. The van der Waals surface area contributed by atoms with Gasteiger partial charge in [0, 0.05) is 0 Å². The molecule has 1 heterocycles. The van der Waals surface area contributed by atoms with Crippen molar-refractivity contribution in [3.05, 3.63) is 60.2 Å². The van der Waals surface area contributed by atoms with Crippen molar-refractivity contribution in [3.63, 3.8) is 0 Å². The average molecular weight is 383 g/mol. The zero-order chi connectivity index (χ0) is 19.2. The molecule has 1 aliphatic heterocycles. The van der Waals surface area contributed by atoms with Gasteiger partial charge < -0.3 is 9.84 Å². The van der Waals surface area contributed by atoms with Crippen LogP contribution in [0.15, 0.2) is 64.8 Å². The predicted molar refractivity (Wildman–Crippen MR) is 106 cm³/mol. The fourth-order valence-corrected chi connectivity index (χ4v) is 3.56. The SMILES string of the molecule is COc1ccc(/C=N\N=C2\S[C@@H](CC(=O)O)C(=O)N2c2ccccc2)cc1. The van der Waals surface area contributed by atoms with Gasteiger partial charge in [-0.15, -0.1) is 5.10 Å². The van der Waals surface area contributed by atoms with E-state index in [0.717, 1.165) is 23.1 Å². The minimum atomic E-state index is -1.03. The lowest BCUT2D eigenvalue weighted by Crippen LogP contribution is -2.32. The van der Waals surface area contributed by atoms with Crippen molar-refractivity contribution in [3.8, 4) is 5.75 Å². The predicted octanol–water partition coefficient (Wildman–Crippen LogP) is 3.01. The number of amides is 1. The number of amidine groups is 1. The normalized spacial score (nSPS) is 18.4. The maximum Gasteiger partial charge on any atom is 0.305 e. The zero-order valence-electron chi connectivity index (χ0n) is 14.5. The molecule has 1 aliphatic rings. The number of hydrogen-bond acceptors (Lipinski definition) is 6. The van der Waals surface area contributed by atoms with E-state index in [9.17, 15) is 9.59 Å². The number of anilines is 1. The van der Waals surface area contributed by atoms with Gasteiger partial charge in [-0.1, -0.05) is 30.0 Å². The minimum absolute atomic E-state index is 0.270. The summed E-state index contributed by atoms with van der Waals surface area (Å²) in [4.78, 5) is 25.1. The largest absolute Gasteiger partial charge is 0.497 e. The highest BCUT2D eigenvalue weighted by Gasteiger charge is 2.40. The molecule has 27 heavy (non-hydrogen) atoms. The molecule has 0 spiro atoms. The van der Waals surface area contributed by atoms with Crippen LogP contribution in [0.3, 0.4) is 0 Å². The van der Waals surface area contributed by atoms with Crippen LogP contribution in [0, 0.1) is 0 Å². The average Bonchev–Trinajstić information content (AvgIpc) is 2.97. The Balaban J connectivity index is 1.85. The molecule has 0 unspecified atom stereocenters. The molecule has 138 valence electrons. The molecule has 2 aromatic carbocycles. The second-order valence-electron chi connectivity index (χ2n) is 5.61. The Hall–Kier alpha value is -3.13. The lowest BCUT2D eigenvalue weighted by molar-refractivity contribution is -0.138. The van der Waals surface area contributed by atoms with Crippen LogP contribution in [0.4, 0.5) is 5.69 Å². The number of carboxylic acid groups (broad SMARTS) is 1. The maximum absolute atomic E-state index is 12.7. The van der Waals surface area contributed by atoms with E-state index in [-0.39, 0.29) is 12.3 Å². The topological polar surface area (TPSA) is 91.6 Å². The molecule has 1 amide bonds. The van der Waals surface area contributed by atoms with Crippen LogP contribution in [0.1, 0.15) is 12.0 Å². The van der Waals surface area contributed by atoms with E-state index in [4.69, 9.17) is 9.84 Å². The van der Waals surface area contributed by atoms with Gasteiger partial charge in [0.05, 0.1) is 25.4 Å². The van der Waals surface area contributed by atoms with Crippen LogP contribution in [0.25, 0.3) is 0 Å². The van der Waals surface area contributed by atoms with E-state index < -0.39 is 11.2 Å². The Morgan fingerprint density at radius 3 is 2.56 bits per heavy atom. The Morgan fingerprint density at radius 2 is 1.93 bits per heavy atom. The Bertz CT molecular complexity index is 882. The third kappa shape index (κ3) is 4.53. The van der Waals surface area contributed by atoms with E-state index in [1.807, 2.05) is 30.3 Å². The highest BCUT2D eigenvalue weighted by molar-refractivity contribution is 8.16. The van der Waals surface area contributed by atoms with E-state index in [2.05, 4.69) is 10.2 Å². The quantitative estimate of drug-likeness (QED) is 0.612. The molecule has 1 fully saturated rings. The van der Waals surface area contributed by atoms with Gasteiger partial charge in [-0.05, 0) is 42.0 Å². The van der Waals surface area contributed by atoms with E-state index >= 15 is 0 Å². The number of carbonyl (C=O) groups excluding carboxylic acids is 1. The van der Waals surface area contributed by atoms with E-state index in [0.29, 0.717) is 10.9 Å². The van der Waals surface area contributed by atoms with Crippen molar-refractivity contribution in [2.45, 2.75) is 11.7 Å². The van der Waals surface area contributed by atoms with Gasteiger partial charge in [0.2, 0.25) is 5.91 Å². The van der Waals surface area contributed by atoms with Crippen molar-refractivity contribution in [1.29, 1.82) is 0 Å². The summed E-state index contributed by atoms with van der Waals surface area (Å²) in [5, 5.41) is 16.9. The van der Waals surface area contributed by atoms with Crippen molar-refractivity contribution < 1.29 is 19.4 Å². The molecular weight excluding hydrogens is 366 g/mol. The number of rotatable bonds is 6. The number of carboxylic acids is 1. The van der Waals surface area contributed by atoms with Crippen molar-refractivity contribution in [2.24, 2.45) is 10.2 Å². The van der Waals surface area contributed by atoms with Gasteiger partial charge in [0.25, 0.3) is 0 Å². The molecule has 0 aliphatic carbocycles. The molecule has 1 N–H and O–H groups in total. The van der Waals surface area contributed by atoms with E-state index in [1.54, 1.807) is 37.6 Å². The first-order valence-electron chi connectivity index (χ1n) is 8.11. The number of thioether (sulfide) groups is 1. The van der Waals surface area contributed by atoms with Gasteiger partial charge in [-0.3, -0.25) is 14.5 Å². The summed E-state index contributed by atoms with van der Waals surface area (Å²) in [7, 11) is 1.59. The molecule has 7 nitrogen and oxygen atoms in total. The summed E-state index contributed by atoms with van der Waals surface area (Å²) in [5.74, 6) is -0.606. The van der Waals surface area contributed by atoms with Gasteiger partial charge in [0.1, 0.15) is 11.0 Å². The second-order valence-corrected chi connectivity index (χ2v) is 6.78. The van der Waals surface area contributed by atoms with Crippen molar-refractivity contribution >= 4 is 40.7 Å². The van der Waals surface area contributed by atoms with Crippen LogP contribution in [0.2, 0.25) is 0 Å². The number of nitrogens with zero attached hydrogens (tertiary/aromatic N) is 3. The third-order valence-electron chi connectivity index (χ3n) is 3.78. The first-order valence-corrected chi connectivity index (χ1v) is 8.99. The monoisotopic (exact) mass is 383 g/mol. The Labute approximate surface area is 160 Å². The number of benzene rings is 2. The lowest BCUT2D eigenvalue weighted by Gasteiger charge is -2.15. The number of ether oxygens (including phenoxy) is 1. The summed E-state index contributed by atoms with van der Waals surface area (Å²) in [6.07, 6.45) is 1.29. The number of methoxy groups -OCH3 is 1. The van der Waals surface area contributed by atoms with Crippen LogP contribution < -0.4 is 9.64 Å². The molecule has 0 aromatic heterocycles. The number of carbonyl (C=O) groups is 2. The van der Waals surface area contributed by atoms with E-state index in [1.165, 1.54) is 4.90 Å². The Morgan fingerprint density at radius 1 is 1.22 bits per heavy atom. The maximum atomic E-state index is 12.7. The molecule has 1 atom stereocenters. The molecule has 1 saturated heterocycles. The Kier molecular flexibility index (Phi) is 5.87. The minimum Gasteiger partial charge on any atom is -0.497 e. The fourth-order valence-electron chi connectivity index (χ4n) is 2.47. The van der Waals surface area contributed by atoms with Gasteiger partial charge in [0.15, 0.2) is 5.17 Å². The van der Waals surface area contributed by atoms with Crippen LogP contribution in [-0.4, -0.2) is 40.7 Å². The standard InChI is InChI=1S/C19H17N3O4S/c1-26-15-9-7-13(8-10-15)12-20-21-19-22(14-5-3-2-4-6-14)18(25)16(27-19)11-17(23)24/h2-10,12,16H,11H2,1H3,(H,23,24)/b20-12-,21-19+/t16-/m0/s1. The van der Waals surface area contributed by atoms with Crippen LogP contribution in [0.5, 0.6) is 5.75 Å². The van der Waals surface area contributed by atoms with Crippen molar-refractivity contribution in [1.82, 2.24) is 0 Å². The van der Waals surface area contributed by atoms with Gasteiger partial charge in [-0.2, -0.15) is 5.10 Å². The van der Waals surface area contributed by atoms with Crippen LogP contribution >= 0.6 is 11.8 Å². The first kappa shape index (κ1) is 18.7. The van der Waals surface area contributed by atoms with Gasteiger partial charge >= 0.3 is 5.97 Å². The highest BCUT2D eigenvalue weighted by Crippen LogP contribution is 2.33. The smallest absolute Gasteiger partial charge is 0.305 e. The summed E-state index contributed by atoms with van der Waals surface area (Å²) in [6.45, 7) is 0. The van der Waals surface area contributed by atoms with Gasteiger partial charge in [-0.25, -0.2) is 0 Å². The molecule has 3 rings (SSSR count). The summed E-state index contributed by atoms with van der Waals surface area (Å²) < 4.78 is 5.11. The highest BCUT2D eigenvalue weighted by atomic mass is 32.2. The van der Waals surface area contributed by atoms with Crippen LogP contribution in [-0.2, 0) is 9.59 Å². The lowest BCUT2D eigenvalue weighted by atomic mass is 10.2. The second kappa shape index (κ2) is 8.50. The van der Waals surface area contributed by atoms with Crippen molar-refractivity contribution in [2.75, 3.05) is 12.0 Å². The summed E-state index contributed by atoms with van der Waals surface area (Å²) >= 11 is 1.10. The first-order chi connectivity index (χ1) is 13.1. The molecule has 8 heteroatoms. The fraction of sp³-hybridized carbons (Fsp3) is 0.158. The number of hydrogen-bond donors (Lipinski definition) is 1. The molecule has 0 radical (unpaired) electrons. The summed E-state index contributed by atoms with van der Waals surface area (Å²) in [5.41, 5.74) is 1.45. The number of para-hydroxylation sites is 1. The molecule has 0 bridgehead atoms. The zero-order valence-corrected chi connectivity index (χ0v) is 15.3. The molecule has 2 aromatic rings. The molecular formula is C19H17N3O4S. The summed E-state index contributed by atoms with van der Waals surface area (Å²) in [6, 6.07) is 16.3. The number of aliphatic carboxylic acids is 1. The third-order valence-corrected chi connectivity index (χ3v) is 4.90.